The van der Waals surface area contributed by atoms with E-state index in [0.717, 1.165) is 19.3 Å². The molecule has 13 heavy (non-hydrogen) atoms. The SMILES string of the molecule is C=C(C(=O)OC)C1(CCCC)CC1. The van der Waals surface area contributed by atoms with Crippen LogP contribution in [0.25, 0.3) is 0 Å². The zero-order valence-electron chi connectivity index (χ0n) is 8.56. The van der Waals surface area contributed by atoms with Crippen LogP contribution < -0.4 is 0 Å². The molecule has 1 fully saturated rings. The number of hydrogen-bond donors (Lipinski definition) is 0. The monoisotopic (exact) mass is 182 g/mol. The van der Waals surface area contributed by atoms with Gasteiger partial charge in [-0.2, -0.15) is 0 Å². The molecule has 0 spiro atoms. The van der Waals surface area contributed by atoms with Crippen LogP contribution in [0.4, 0.5) is 0 Å². The summed E-state index contributed by atoms with van der Waals surface area (Å²) in [6.45, 7) is 6.00. The summed E-state index contributed by atoms with van der Waals surface area (Å²) in [6, 6.07) is 0. The van der Waals surface area contributed by atoms with Gasteiger partial charge in [-0.3, -0.25) is 0 Å². The van der Waals surface area contributed by atoms with E-state index in [1.807, 2.05) is 0 Å². The van der Waals surface area contributed by atoms with Crippen LogP contribution in [0.2, 0.25) is 0 Å². The molecule has 74 valence electrons. The Hall–Kier alpha value is -0.790. The molecule has 0 N–H and O–H groups in total. The van der Waals surface area contributed by atoms with Crippen LogP contribution in [0, 0.1) is 5.41 Å². The van der Waals surface area contributed by atoms with E-state index in [-0.39, 0.29) is 11.4 Å². The standard InChI is InChI=1S/C11H18O2/c1-4-5-6-11(7-8-11)9(2)10(12)13-3/h2,4-8H2,1,3H3. The first kappa shape index (κ1) is 10.3. The predicted octanol–water partition coefficient (Wildman–Crippen LogP) is 2.69. The van der Waals surface area contributed by atoms with Crippen molar-refractivity contribution in [2.75, 3.05) is 7.11 Å². The molecular weight excluding hydrogens is 164 g/mol. The fraction of sp³-hybridized carbons (Fsp3) is 0.727. The second-order valence-corrected chi connectivity index (χ2v) is 3.85. The van der Waals surface area contributed by atoms with Crippen LogP contribution in [-0.2, 0) is 9.53 Å². The highest BCUT2D eigenvalue weighted by Gasteiger charge is 2.47. The molecule has 0 amide bonds. The minimum Gasteiger partial charge on any atom is -0.466 e. The Labute approximate surface area is 80.0 Å². The molecule has 1 aliphatic rings. The van der Waals surface area contributed by atoms with Crippen molar-refractivity contribution in [2.24, 2.45) is 5.41 Å². The summed E-state index contributed by atoms with van der Waals surface area (Å²) < 4.78 is 4.68. The number of esters is 1. The summed E-state index contributed by atoms with van der Waals surface area (Å²) in [5.41, 5.74) is 0.798. The molecule has 1 saturated carbocycles. The van der Waals surface area contributed by atoms with Crippen LogP contribution in [0.5, 0.6) is 0 Å². The van der Waals surface area contributed by atoms with Gasteiger partial charge in [0.25, 0.3) is 0 Å². The topological polar surface area (TPSA) is 26.3 Å². The van der Waals surface area contributed by atoms with E-state index in [0.29, 0.717) is 5.57 Å². The first-order valence-corrected chi connectivity index (χ1v) is 4.94. The summed E-state index contributed by atoms with van der Waals surface area (Å²) in [5, 5.41) is 0. The van der Waals surface area contributed by atoms with Crippen molar-refractivity contribution in [1.29, 1.82) is 0 Å². The van der Waals surface area contributed by atoms with Crippen molar-refractivity contribution in [2.45, 2.75) is 39.0 Å². The van der Waals surface area contributed by atoms with Gasteiger partial charge in [0.05, 0.1) is 7.11 Å². The third kappa shape index (κ3) is 2.11. The third-order valence-electron chi connectivity index (χ3n) is 2.93. The lowest BCUT2D eigenvalue weighted by atomic mass is 9.91. The largest absolute Gasteiger partial charge is 0.466 e. The van der Waals surface area contributed by atoms with Gasteiger partial charge in [0.2, 0.25) is 0 Å². The average Bonchev–Trinajstić information content (AvgIpc) is 2.93. The highest BCUT2D eigenvalue weighted by atomic mass is 16.5. The Morgan fingerprint density at radius 3 is 2.54 bits per heavy atom. The maximum Gasteiger partial charge on any atom is 0.333 e. The van der Waals surface area contributed by atoms with E-state index in [4.69, 9.17) is 0 Å². The van der Waals surface area contributed by atoms with E-state index >= 15 is 0 Å². The molecule has 0 aromatic rings. The van der Waals surface area contributed by atoms with E-state index < -0.39 is 0 Å². The molecule has 0 saturated heterocycles. The Balaban J connectivity index is 2.50. The predicted molar refractivity (Wildman–Crippen MR) is 52.3 cm³/mol. The van der Waals surface area contributed by atoms with E-state index in [1.165, 1.54) is 20.0 Å². The second kappa shape index (κ2) is 3.95. The Bertz CT molecular complexity index is 214. The quantitative estimate of drug-likeness (QED) is 0.482. The van der Waals surface area contributed by atoms with Gasteiger partial charge < -0.3 is 4.74 Å². The molecule has 1 aliphatic carbocycles. The molecule has 2 nitrogen and oxygen atoms in total. The van der Waals surface area contributed by atoms with Gasteiger partial charge in [0.1, 0.15) is 0 Å². The number of methoxy groups -OCH3 is 1. The first-order valence-electron chi connectivity index (χ1n) is 4.94. The molecule has 1 rings (SSSR count). The van der Waals surface area contributed by atoms with Crippen LogP contribution in [0.15, 0.2) is 12.2 Å². The molecule has 2 heteroatoms. The maximum atomic E-state index is 11.2. The molecule has 0 aromatic carbocycles. The van der Waals surface area contributed by atoms with Crippen molar-refractivity contribution >= 4 is 5.97 Å². The van der Waals surface area contributed by atoms with Gasteiger partial charge in [-0.05, 0) is 19.3 Å². The van der Waals surface area contributed by atoms with E-state index in [2.05, 4.69) is 18.2 Å². The Morgan fingerprint density at radius 2 is 2.15 bits per heavy atom. The van der Waals surface area contributed by atoms with E-state index in [1.54, 1.807) is 0 Å². The second-order valence-electron chi connectivity index (χ2n) is 3.85. The fourth-order valence-electron chi connectivity index (χ4n) is 1.71. The van der Waals surface area contributed by atoms with Crippen molar-refractivity contribution in [3.63, 3.8) is 0 Å². The van der Waals surface area contributed by atoms with E-state index in [9.17, 15) is 4.79 Å². The van der Waals surface area contributed by atoms with Crippen LogP contribution in [0.1, 0.15) is 39.0 Å². The molecule has 0 atom stereocenters. The number of carbonyl (C=O) groups excluding carboxylic acids is 1. The minimum absolute atomic E-state index is 0.114. The number of unbranched alkanes of at least 4 members (excludes halogenated alkanes) is 1. The zero-order chi connectivity index (χ0) is 9.90. The molecule has 0 radical (unpaired) electrons. The Kier molecular flexibility index (Phi) is 3.12. The lowest BCUT2D eigenvalue weighted by molar-refractivity contribution is -0.136. The average molecular weight is 182 g/mol. The molecule has 0 bridgehead atoms. The van der Waals surface area contributed by atoms with Crippen molar-refractivity contribution < 1.29 is 9.53 Å². The van der Waals surface area contributed by atoms with Gasteiger partial charge in [-0.15, -0.1) is 0 Å². The number of carbonyl (C=O) groups is 1. The minimum atomic E-state index is -0.228. The summed E-state index contributed by atoms with van der Waals surface area (Å²) in [5.74, 6) is -0.228. The molecule has 0 aromatic heterocycles. The van der Waals surface area contributed by atoms with Gasteiger partial charge >= 0.3 is 5.97 Å². The lowest BCUT2D eigenvalue weighted by Crippen LogP contribution is -2.14. The summed E-state index contributed by atoms with van der Waals surface area (Å²) in [6.07, 6.45) is 5.67. The van der Waals surface area contributed by atoms with Gasteiger partial charge in [-0.25, -0.2) is 4.79 Å². The number of ether oxygens (including phenoxy) is 1. The highest BCUT2D eigenvalue weighted by molar-refractivity contribution is 5.89. The molecule has 0 aliphatic heterocycles. The summed E-state index contributed by atoms with van der Waals surface area (Å²) >= 11 is 0. The molecular formula is C11H18O2. The van der Waals surface area contributed by atoms with Crippen molar-refractivity contribution in [1.82, 2.24) is 0 Å². The number of rotatable bonds is 5. The normalized spacial score (nSPS) is 18.0. The molecule has 0 heterocycles. The van der Waals surface area contributed by atoms with Crippen LogP contribution in [-0.4, -0.2) is 13.1 Å². The summed E-state index contributed by atoms with van der Waals surface area (Å²) in [4.78, 5) is 11.2. The molecule has 0 unspecified atom stereocenters. The van der Waals surface area contributed by atoms with Crippen molar-refractivity contribution in [3.05, 3.63) is 12.2 Å². The third-order valence-corrected chi connectivity index (χ3v) is 2.93. The zero-order valence-corrected chi connectivity index (χ0v) is 8.56. The van der Waals surface area contributed by atoms with Gasteiger partial charge in [0.15, 0.2) is 0 Å². The summed E-state index contributed by atoms with van der Waals surface area (Å²) in [7, 11) is 1.42. The van der Waals surface area contributed by atoms with Crippen LogP contribution in [0.3, 0.4) is 0 Å². The highest BCUT2D eigenvalue weighted by Crippen LogP contribution is 2.55. The van der Waals surface area contributed by atoms with Crippen molar-refractivity contribution in [3.8, 4) is 0 Å². The number of hydrogen-bond acceptors (Lipinski definition) is 2. The van der Waals surface area contributed by atoms with Crippen LogP contribution >= 0.6 is 0 Å². The fourth-order valence-corrected chi connectivity index (χ4v) is 1.71. The Morgan fingerprint density at radius 1 is 1.54 bits per heavy atom. The van der Waals surface area contributed by atoms with Gasteiger partial charge in [0, 0.05) is 11.0 Å². The van der Waals surface area contributed by atoms with Gasteiger partial charge in [-0.1, -0.05) is 26.3 Å². The first-order chi connectivity index (χ1) is 6.16. The maximum absolute atomic E-state index is 11.2. The smallest absolute Gasteiger partial charge is 0.333 e. The lowest BCUT2D eigenvalue weighted by Gasteiger charge is -2.15.